The topological polar surface area (TPSA) is 93.6 Å². The predicted molar refractivity (Wildman–Crippen MR) is 123 cm³/mol. The lowest BCUT2D eigenvalue weighted by atomic mass is 9.99. The van der Waals surface area contributed by atoms with Crippen molar-refractivity contribution in [2.45, 2.75) is 45.0 Å². The van der Waals surface area contributed by atoms with Crippen molar-refractivity contribution in [3.05, 3.63) is 41.7 Å². The molecule has 2 amide bonds. The highest BCUT2D eigenvalue weighted by atomic mass is 19.4. The molecule has 0 aromatic carbocycles. The van der Waals surface area contributed by atoms with Crippen molar-refractivity contribution < 1.29 is 23.1 Å². The number of aliphatic hydroxyl groups is 1. The molecule has 2 fully saturated rings. The van der Waals surface area contributed by atoms with Crippen LogP contribution in [0.1, 0.15) is 37.4 Å². The Hall–Kier alpha value is -3.08. The zero-order valence-corrected chi connectivity index (χ0v) is 19.0. The third kappa shape index (κ3) is 5.88. The Balaban J connectivity index is 1.39. The van der Waals surface area contributed by atoms with Crippen LogP contribution in [0.2, 0.25) is 0 Å². The standard InChI is InChI=1S/C23H29F3N6O2/c1-15-6-9-31(10-7-15)21-16(2-4-19(30-21)23(24,25)26)12-28-22(34)29-17-3-5-20(27-13-17)32-11-8-18(33)14-32/h2-5,13,15,18,33H,6-12,14H2,1H3,(H2,28,29,34)/t18-/m1/s1. The van der Waals surface area contributed by atoms with Gasteiger partial charge in [0.15, 0.2) is 0 Å². The molecule has 8 nitrogen and oxygen atoms in total. The van der Waals surface area contributed by atoms with Crippen LogP contribution in [0.3, 0.4) is 0 Å². The zero-order chi connectivity index (χ0) is 24.3. The molecule has 0 unspecified atom stereocenters. The molecule has 2 aliphatic heterocycles. The summed E-state index contributed by atoms with van der Waals surface area (Å²) in [4.78, 5) is 24.5. The number of pyridine rings is 2. The maximum Gasteiger partial charge on any atom is 0.433 e. The lowest BCUT2D eigenvalue weighted by Crippen LogP contribution is -2.35. The van der Waals surface area contributed by atoms with Crippen molar-refractivity contribution in [2.24, 2.45) is 5.92 Å². The Morgan fingerprint density at radius 1 is 1.12 bits per heavy atom. The van der Waals surface area contributed by atoms with Crippen molar-refractivity contribution in [2.75, 3.05) is 41.3 Å². The van der Waals surface area contributed by atoms with Crippen LogP contribution in [0.5, 0.6) is 0 Å². The number of hydrogen-bond acceptors (Lipinski definition) is 6. The number of rotatable bonds is 5. The van der Waals surface area contributed by atoms with Crippen LogP contribution >= 0.6 is 0 Å². The third-order valence-corrected chi connectivity index (χ3v) is 6.26. The highest BCUT2D eigenvalue weighted by Gasteiger charge is 2.34. The predicted octanol–water partition coefficient (Wildman–Crippen LogP) is 3.62. The van der Waals surface area contributed by atoms with Crippen molar-refractivity contribution in [1.29, 1.82) is 0 Å². The van der Waals surface area contributed by atoms with Gasteiger partial charge >= 0.3 is 12.2 Å². The van der Waals surface area contributed by atoms with Gasteiger partial charge in [0.1, 0.15) is 17.3 Å². The fourth-order valence-corrected chi connectivity index (χ4v) is 4.22. The average Bonchev–Trinajstić information content (AvgIpc) is 3.24. The van der Waals surface area contributed by atoms with Crippen LogP contribution in [-0.2, 0) is 12.7 Å². The molecule has 0 radical (unpaired) electrons. The number of β-amino-alcohol motifs (C(OH)–C–C–N with tert-alkyl or cyclic N) is 1. The van der Waals surface area contributed by atoms with Crippen LogP contribution in [0, 0.1) is 5.92 Å². The quantitative estimate of drug-likeness (QED) is 0.608. The molecule has 2 aromatic rings. The summed E-state index contributed by atoms with van der Waals surface area (Å²) in [6.45, 7) is 4.66. The van der Waals surface area contributed by atoms with E-state index >= 15 is 0 Å². The molecule has 4 rings (SSSR count). The number of urea groups is 1. The van der Waals surface area contributed by atoms with E-state index in [0.29, 0.717) is 43.2 Å². The van der Waals surface area contributed by atoms with Crippen LogP contribution in [-0.4, -0.2) is 53.4 Å². The maximum atomic E-state index is 13.2. The molecule has 2 saturated heterocycles. The lowest BCUT2D eigenvalue weighted by molar-refractivity contribution is -0.141. The van der Waals surface area contributed by atoms with E-state index in [1.807, 2.05) is 9.80 Å². The summed E-state index contributed by atoms with van der Waals surface area (Å²) in [5, 5.41) is 15.0. The van der Waals surface area contributed by atoms with E-state index in [0.717, 1.165) is 31.3 Å². The number of carbonyl (C=O) groups excluding carboxylic acids is 1. The van der Waals surface area contributed by atoms with Gasteiger partial charge in [-0.05, 0) is 43.4 Å². The fourth-order valence-electron chi connectivity index (χ4n) is 4.22. The number of carbonyl (C=O) groups is 1. The number of amides is 2. The molecule has 2 aliphatic rings. The molecule has 184 valence electrons. The summed E-state index contributed by atoms with van der Waals surface area (Å²) in [7, 11) is 0. The number of anilines is 3. The second-order valence-corrected chi connectivity index (χ2v) is 8.95. The van der Waals surface area contributed by atoms with Gasteiger partial charge in [-0.1, -0.05) is 13.0 Å². The fraction of sp³-hybridized carbons (Fsp3) is 0.522. The number of aromatic nitrogens is 2. The van der Waals surface area contributed by atoms with E-state index < -0.39 is 17.9 Å². The number of halogens is 3. The Labute approximate surface area is 196 Å². The van der Waals surface area contributed by atoms with Crippen molar-refractivity contribution in [3.63, 3.8) is 0 Å². The Bertz CT molecular complexity index is 993. The normalized spacial score (nSPS) is 19.4. The second kappa shape index (κ2) is 10.0. The molecule has 11 heteroatoms. The van der Waals surface area contributed by atoms with Gasteiger partial charge in [-0.3, -0.25) is 0 Å². The van der Waals surface area contributed by atoms with Crippen LogP contribution in [0.25, 0.3) is 0 Å². The van der Waals surface area contributed by atoms with Crippen molar-refractivity contribution >= 4 is 23.4 Å². The first-order chi connectivity index (χ1) is 16.2. The molecule has 34 heavy (non-hydrogen) atoms. The molecule has 0 aliphatic carbocycles. The summed E-state index contributed by atoms with van der Waals surface area (Å²) >= 11 is 0. The Morgan fingerprint density at radius 3 is 2.47 bits per heavy atom. The molecule has 4 heterocycles. The Morgan fingerprint density at radius 2 is 1.85 bits per heavy atom. The first-order valence-corrected chi connectivity index (χ1v) is 11.4. The summed E-state index contributed by atoms with van der Waals surface area (Å²) < 4.78 is 39.7. The van der Waals surface area contributed by atoms with Crippen LogP contribution in [0.15, 0.2) is 30.5 Å². The molecule has 3 N–H and O–H groups in total. The molecule has 1 atom stereocenters. The van der Waals surface area contributed by atoms with E-state index in [2.05, 4.69) is 27.5 Å². The van der Waals surface area contributed by atoms with Gasteiger partial charge in [0.2, 0.25) is 0 Å². The van der Waals surface area contributed by atoms with E-state index in [-0.39, 0.29) is 18.5 Å². The van der Waals surface area contributed by atoms with Crippen molar-refractivity contribution in [3.8, 4) is 0 Å². The second-order valence-electron chi connectivity index (χ2n) is 8.95. The number of piperidine rings is 1. The van der Waals surface area contributed by atoms with Gasteiger partial charge in [-0.15, -0.1) is 0 Å². The number of nitrogens with zero attached hydrogens (tertiary/aromatic N) is 4. The van der Waals surface area contributed by atoms with E-state index in [4.69, 9.17) is 0 Å². The van der Waals surface area contributed by atoms with Crippen LogP contribution in [0.4, 0.5) is 35.3 Å². The highest BCUT2D eigenvalue weighted by molar-refractivity contribution is 5.89. The average molecular weight is 479 g/mol. The SMILES string of the molecule is CC1CCN(c2nc(C(F)(F)F)ccc2CNC(=O)Nc2ccc(N3CC[C@@H](O)C3)nc2)CC1. The molecule has 2 aromatic heterocycles. The van der Waals surface area contributed by atoms with Gasteiger partial charge in [-0.2, -0.15) is 13.2 Å². The van der Waals surface area contributed by atoms with Crippen molar-refractivity contribution in [1.82, 2.24) is 15.3 Å². The largest absolute Gasteiger partial charge is 0.433 e. The summed E-state index contributed by atoms with van der Waals surface area (Å²) in [6.07, 6.45) is -0.910. The monoisotopic (exact) mass is 478 g/mol. The molecule has 0 spiro atoms. The van der Waals surface area contributed by atoms with Gasteiger partial charge in [0, 0.05) is 38.3 Å². The number of hydrogen-bond donors (Lipinski definition) is 3. The highest BCUT2D eigenvalue weighted by Crippen LogP contribution is 2.32. The number of aliphatic hydroxyl groups excluding tert-OH is 1. The number of nitrogens with one attached hydrogen (secondary N) is 2. The van der Waals surface area contributed by atoms with Gasteiger partial charge in [-0.25, -0.2) is 14.8 Å². The lowest BCUT2D eigenvalue weighted by Gasteiger charge is -2.33. The minimum absolute atomic E-state index is 0.0372. The zero-order valence-electron chi connectivity index (χ0n) is 19.0. The van der Waals surface area contributed by atoms with Crippen LogP contribution < -0.4 is 20.4 Å². The third-order valence-electron chi connectivity index (χ3n) is 6.26. The number of alkyl halides is 3. The molecular formula is C23H29F3N6O2. The maximum absolute atomic E-state index is 13.2. The minimum atomic E-state index is -4.53. The first-order valence-electron chi connectivity index (χ1n) is 11.4. The van der Waals surface area contributed by atoms with E-state index in [1.165, 1.54) is 12.3 Å². The summed E-state index contributed by atoms with van der Waals surface area (Å²) in [6, 6.07) is 5.31. The Kier molecular flexibility index (Phi) is 7.11. The summed E-state index contributed by atoms with van der Waals surface area (Å²) in [5.41, 5.74) is 0.0709. The smallest absolute Gasteiger partial charge is 0.391 e. The molecule has 0 saturated carbocycles. The van der Waals surface area contributed by atoms with Gasteiger partial charge < -0.3 is 25.5 Å². The summed E-state index contributed by atoms with van der Waals surface area (Å²) in [5.74, 6) is 1.50. The van der Waals surface area contributed by atoms with Gasteiger partial charge in [0.05, 0.1) is 18.0 Å². The molecule has 0 bridgehead atoms. The van der Waals surface area contributed by atoms with Gasteiger partial charge in [0.25, 0.3) is 0 Å². The first kappa shape index (κ1) is 24.1. The van der Waals surface area contributed by atoms with E-state index in [1.54, 1.807) is 12.1 Å². The molecular weight excluding hydrogens is 449 g/mol. The van der Waals surface area contributed by atoms with E-state index in [9.17, 15) is 23.1 Å². The minimum Gasteiger partial charge on any atom is -0.391 e.